The summed E-state index contributed by atoms with van der Waals surface area (Å²) in [5, 5.41) is 3.06. The maximum atomic E-state index is 12.2. The quantitative estimate of drug-likeness (QED) is 0.754. The minimum absolute atomic E-state index is 0.0414. The van der Waals surface area contributed by atoms with Gasteiger partial charge in [0, 0.05) is 19.0 Å². The van der Waals surface area contributed by atoms with Gasteiger partial charge in [-0.1, -0.05) is 42.0 Å². The molecule has 0 radical (unpaired) electrons. The molecule has 0 aromatic heterocycles. The number of benzene rings is 2. The lowest BCUT2D eigenvalue weighted by Gasteiger charge is -2.19. The Kier molecular flexibility index (Phi) is 5.68. The Balaban J connectivity index is 1.52. The van der Waals surface area contributed by atoms with Crippen molar-refractivity contribution < 1.29 is 9.53 Å². The summed E-state index contributed by atoms with van der Waals surface area (Å²) in [6, 6.07) is 16.3. The summed E-state index contributed by atoms with van der Waals surface area (Å²) in [7, 11) is 1.63. The average molecular weight is 339 g/mol. The highest BCUT2D eigenvalue weighted by atomic mass is 16.5. The van der Waals surface area contributed by atoms with Crippen LogP contribution < -0.4 is 20.9 Å². The van der Waals surface area contributed by atoms with Gasteiger partial charge in [0.1, 0.15) is 5.75 Å². The maximum absolute atomic E-state index is 12.2. The molecule has 25 heavy (non-hydrogen) atoms. The van der Waals surface area contributed by atoms with Crippen molar-refractivity contribution in [3.05, 3.63) is 65.2 Å². The first kappa shape index (κ1) is 17.5. The summed E-state index contributed by atoms with van der Waals surface area (Å²) in [5.74, 6) is 1.16. The normalized spacial score (nSPS) is 19.6. The van der Waals surface area contributed by atoms with Gasteiger partial charge in [-0.25, -0.2) is 5.43 Å². The van der Waals surface area contributed by atoms with E-state index in [0.29, 0.717) is 18.9 Å². The number of methoxy groups -OCH3 is 1. The van der Waals surface area contributed by atoms with Crippen LogP contribution in [0.3, 0.4) is 0 Å². The number of rotatable bonds is 6. The molecule has 2 atom stereocenters. The zero-order valence-corrected chi connectivity index (χ0v) is 14.7. The molecule has 1 aliphatic heterocycles. The Morgan fingerprint density at radius 2 is 1.88 bits per heavy atom. The molecule has 2 unspecified atom stereocenters. The van der Waals surface area contributed by atoms with Crippen molar-refractivity contribution in [1.82, 2.24) is 16.2 Å². The third kappa shape index (κ3) is 4.59. The van der Waals surface area contributed by atoms with Crippen molar-refractivity contribution in [1.29, 1.82) is 0 Å². The molecule has 5 heteroatoms. The number of hydrogen-bond acceptors (Lipinski definition) is 4. The van der Waals surface area contributed by atoms with Crippen molar-refractivity contribution in [2.24, 2.45) is 5.92 Å². The van der Waals surface area contributed by atoms with Crippen molar-refractivity contribution in [3.63, 3.8) is 0 Å². The van der Waals surface area contributed by atoms with Gasteiger partial charge in [-0.2, -0.15) is 0 Å². The predicted molar refractivity (Wildman–Crippen MR) is 98.3 cm³/mol. The summed E-state index contributed by atoms with van der Waals surface area (Å²) in [4.78, 5) is 12.2. The van der Waals surface area contributed by atoms with Gasteiger partial charge in [0.2, 0.25) is 5.91 Å². The van der Waals surface area contributed by atoms with Crippen molar-refractivity contribution in [3.8, 4) is 5.75 Å². The highest BCUT2D eigenvalue weighted by Gasteiger charge is 2.28. The van der Waals surface area contributed by atoms with Crippen LogP contribution >= 0.6 is 0 Å². The van der Waals surface area contributed by atoms with Gasteiger partial charge in [-0.05, 0) is 30.2 Å². The molecular weight excluding hydrogens is 314 g/mol. The molecule has 2 aromatic carbocycles. The van der Waals surface area contributed by atoms with E-state index in [1.807, 2.05) is 24.3 Å². The van der Waals surface area contributed by atoms with Crippen LogP contribution in [0.25, 0.3) is 0 Å². The number of hydrogen-bond donors (Lipinski definition) is 3. The molecular formula is C20H25N3O2. The number of hydrazine groups is 1. The van der Waals surface area contributed by atoms with E-state index in [0.717, 1.165) is 17.9 Å². The van der Waals surface area contributed by atoms with Gasteiger partial charge >= 0.3 is 0 Å². The minimum Gasteiger partial charge on any atom is -0.497 e. The van der Waals surface area contributed by atoms with Crippen LogP contribution in [0.15, 0.2) is 48.5 Å². The molecule has 2 aromatic rings. The lowest BCUT2D eigenvalue weighted by atomic mass is 9.94. The fraction of sp³-hybridized carbons (Fsp3) is 0.350. The number of aryl methyl sites for hydroxylation is 1. The molecule has 5 nitrogen and oxygen atoms in total. The largest absolute Gasteiger partial charge is 0.497 e. The smallest absolute Gasteiger partial charge is 0.224 e. The van der Waals surface area contributed by atoms with E-state index in [-0.39, 0.29) is 11.9 Å². The van der Waals surface area contributed by atoms with Crippen molar-refractivity contribution in [2.45, 2.75) is 19.4 Å². The topological polar surface area (TPSA) is 62.4 Å². The molecule has 1 aliphatic rings. The molecule has 1 fully saturated rings. The van der Waals surface area contributed by atoms with Gasteiger partial charge in [0.15, 0.2) is 0 Å². The van der Waals surface area contributed by atoms with E-state index in [9.17, 15) is 4.79 Å². The summed E-state index contributed by atoms with van der Waals surface area (Å²) in [6.45, 7) is 3.57. The zero-order chi connectivity index (χ0) is 17.6. The Labute approximate surface area is 148 Å². The van der Waals surface area contributed by atoms with Crippen LogP contribution in [0.4, 0.5) is 0 Å². The third-order valence-electron chi connectivity index (χ3n) is 4.61. The second-order valence-corrected chi connectivity index (χ2v) is 6.50. The number of amides is 1. The minimum atomic E-state index is 0.0414. The molecule has 3 rings (SSSR count). The standard InChI is InChI=1S/C20H25N3O2/c1-14-3-7-16(8-4-14)20-17(13-22-23-20)12-21-19(24)11-15-5-9-18(25-2)10-6-15/h3-10,17,20,22-23H,11-13H2,1-2H3,(H,21,24). The van der Waals surface area contributed by atoms with Crippen LogP contribution in [0.5, 0.6) is 5.75 Å². The van der Waals surface area contributed by atoms with Crippen molar-refractivity contribution in [2.75, 3.05) is 20.2 Å². The van der Waals surface area contributed by atoms with E-state index in [4.69, 9.17) is 4.74 Å². The van der Waals surface area contributed by atoms with Gasteiger partial charge in [-0.15, -0.1) is 0 Å². The monoisotopic (exact) mass is 339 g/mol. The highest BCUT2D eigenvalue weighted by Crippen LogP contribution is 2.24. The van der Waals surface area contributed by atoms with Crippen LogP contribution in [-0.2, 0) is 11.2 Å². The van der Waals surface area contributed by atoms with Crippen LogP contribution in [0, 0.1) is 12.8 Å². The van der Waals surface area contributed by atoms with E-state index < -0.39 is 0 Å². The predicted octanol–water partition coefficient (Wildman–Crippen LogP) is 2.13. The van der Waals surface area contributed by atoms with E-state index in [1.165, 1.54) is 11.1 Å². The molecule has 0 aliphatic carbocycles. The lowest BCUT2D eigenvalue weighted by molar-refractivity contribution is -0.120. The first-order valence-corrected chi connectivity index (χ1v) is 8.60. The summed E-state index contributed by atoms with van der Waals surface area (Å²) in [5.41, 5.74) is 9.99. The fourth-order valence-corrected chi connectivity index (χ4v) is 3.09. The maximum Gasteiger partial charge on any atom is 0.224 e. The first-order valence-electron chi connectivity index (χ1n) is 8.60. The van der Waals surface area contributed by atoms with E-state index in [1.54, 1.807) is 7.11 Å². The molecule has 0 bridgehead atoms. The third-order valence-corrected chi connectivity index (χ3v) is 4.61. The number of carbonyl (C=O) groups excluding carboxylic acids is 1. The molecule has 132 valence electrons. The molecule has 1 heterocycles. The van der Waals surface area contributed by atoms with E-state index >= 15 is 0 Å². The second-order valence-electron chi connectivity index (χ2n) is 6.50. The number of nitrogens with one attached hydrogen (secondary N) is 3. The lowest BCUT2D eigenvalue weighted by Crippen LogP contribution is -2.33. The molecule has 1 amide bonds. The van der Waals surface area contributed by atoms with Crippen LogP contribution in [0.1, 0.15) is 22.7 Å². The number of carbonyl (C=O) groups is 1. The van der Waals surface area contributed by atoms with Crippen LogP contribution in [0.2, 0.25) is 0 Å². The van der Waals surface area contributed by atoms with Crippen LogP contribution in [-0.4, -0.2) is 26.1 Å². The van der Waals surface area contributed by atoms with Gasteiger partial charge in [-0.3, -0.25) is 10.2 Å². The zero-order valence-electron chi connectivity index (χ0n) is 14.7. The van der Waals surface area contributed by atoms with Gasteiger partial charge < -0.3 is 10.1 Å². The first-order chi connectivity index (χ1) is 12.2. The van der Waals surface area contributed by atoms with Crippen molar-refractivity contribution >= 4 is 5.91 Å². The van der Waals surface area contributed by atoms with Gasteiger partial charge in [0.05, 0.1) is 19.6 Å². The molecule has 0 saturated carbocycles. The Morgan fingerprint density at radius 1 is 1.16 bits per heavy atom. The summed E-state index contributed by atoms with van der Waals surface area (Å²) >= 11 is 0. The average Bonchev–Trinajstić information content (AvgIpc) is 3.10. The molecule has 0 spiro atoms. The van der Waals surface area contributed by atoms with E-state index in [2.05, 4.69) is 47.4 Å². The summed E-state index contributed by atoms with van der Waals surface area (Å²) in [6.07, 6.45) is 0.382. The Hall–Kier alpha value is -2.37. The Bertz CT molecular complexity index is 698. The molecule has 1 saturated heterocycles. The summed E-state index contributed by atoms with van der Waals surface area (Å²) < 4.78 is 5.14. The SMILES string of the molecule is COc1ccc(CC(=O)NCC2CNNC2c2ccc(C)cc2)cc1. The number of ether oxygens (including phenoxy) is 1. The van der Waals surface area contributed by atoms with Gasteiger partial charge in [0.25, 0.3) is 0 Å². The highest BCUT2D eigenvalue weighted by molar-refractivity contribution is 5.78. The molecule has 3 N–H and O–H groups in total. The fourth-order valence-electron chi connectivity index (χ4n) is 3.09. The second kappa shape index (κ2) is 8.14. The Morgan fingerprint density at radius 3 is 2.56 bits per heavy atom.